The van der Waals surface area contributed by atoms with Gasteiger partial charge in [-0.1, -0.05) is 61.5 Å². The summed E-state index contributed by atoms with van der Waals surface area (Å²) in [5, 5.41) is 2.96. The van der Waals surface area contributed by atoms with E-state index in [0.29, 0.717) is 13.1 Å². The Kier molecular flexibility index (Phi) is 8.47. The van der Waals surface area contributed by atoms with Crippen LogP contribution in [0.15, 0.2) is 85.6 Å². The molecule has 0 fully saturated rings. The minimum atomic E-state index is -0.317. The lowest BCUT2D eigenvalue weighted by molar-refractivity contribution is -0.133. The molecule has 0 aliphatic heterocycles. The Morgan fingerprint density at radius 1 is 0.970 bits per heavy atom. The fourth-order valence-electron chi connectivity index (χ4n) is 3.68. The van der Waals surface area contributed by atoms with E-state index < -0.39 is 0 Å². The number of hydrogen-bond donors (Lipinski definition) is 1. The van der Waals surface area contributed by atoms with Crippen molar-refractivity contribution in [3.8, 4) is 0 Å². The number of nitrogens with zero attached hydrogens (tertiary/aromatic N) is 3. The lowest BCUT2D eigenvalue weighted by atomic mass is 10.1. The minimum absolute atomic E-state index is 0.0383. The molecule has 172 valence electrons. The topological polar surface area (TPSA) is 57.6 Å². The van der Waals surface area contributed by atoms with E-state index >= 15 is 0 Å². The molecule has 6 nitrogen and oxygen atoms in total. The van der Waals surface area contributed by atoms with E-state index in [2.05, 4.69) is 11.9 Å². The number of para-hydroxylation sites is 1. The average molecular weight is 445 g/mol. The number of carbonyl (C=O) groups is 2. The lowest BCUT2D eigenvalue weighted by Crippen LogP contribution is -2.44. The molecule has 2 aromatic carbocycles. The quantitative estimate of drug-likeness (QED) is 0.455. The molecule has 0 unspecified atom stereocenters. The molecular formula is C27H32N4O2. The summed E-state index contributed by atoms with van der Waals surface area (Å²) >= 11 is 0. The summed E-state index contributed by atoms with van der Waals surface area (Å²) in [5.74, 6) is -0.124. The summed E-state index contributed by atoms with van der Waals surface area (Å²) in [5.41, 5.74) is 3.87. The smallest absolute Gasteiger partial charge is 0.322 e. The first-order valence-electron chi connectivity index (χ1n) is 11.2. The van der Waals surface area contributed by atoms with Crippen LogP contribution in [0.1, 0.15) is 23.7 Å². The van der Waals surface area contributed by atoms with Crippen molar-refractivity contribution in [3.05, 3.63) is 102 Å². The van der Waals surface area contributed by atoms with Gasteiger partial charge >= 0.3 is 6.03 Å². The van der Waals surface area contributed by atoms with Crippen molar-refractivity contribution in [2.75, 3.05) is 18.4 Å². The third kappa shape index (κ3) is 6.59. The number of aromatic nitrogens is 1. The maximum absolute atomic E-state index is 13.4. The van der Waals surface area contributed by atoms with Crippen LogP contribution in [-0.2, 0) is 31.4 Å². The molecule has 3 amide bonds. The Balaban J connectivity index is 1.77. The molecule has 1 aromatic heterocycles. The Bertz CT molecular complexity index is 1070. The highest BCUT2D eigenvalue weighted by Gasteiger charge is 2.22. The molecule has 0 bridgehead atoms. The molecule has 0 saturated carbocycles. The second kappa shape index (κ2) is 11.7. The highest BCUT2D eigenvalue weighted by molar-refractivity contribution is 5.93. The second-order valence-electron chi connectivity index (χ2n) is 7.96. The van der Waals surface area contributed by atoms with Gasteiger partial charge in [-0.05, 0) is 35.7 Å². The van der Waals surface area contributed by atoms with E-state index in [-0.39, 0.29) is 25.0 Å². The Morgan fingerprint density at radius 3 is 2.36 bits per heavy atom. The molecule has 0 radical (unpaired) electrons. The Labute approximate surface area is 196 Å². The number of urea groups is 1. The van der Waals surface area contributed by atoms with Crippen molar-refractivity contribution in [3.63, 3.8) is 0 Å². The summed E-state index contributed by atoms with van der Waals surface area (Å²) in [6.45, 7) is 6.97. The highest BCUT2D eigenvalue weighted by Crippen LogP contribution is 2.17. The van der Waals surface area contributed by atoms with E-state index in [4.69, 9.17) is 0 Å². The maximum atomic E-state index is 13.4. The monoisotopic (exact) mass is 444 g/mol. The molecule has 0 aliphatic carbocycles. The van der Waals surface area contributed by atoms with Gasteiger partial charge in [-0.2, -0.15) is 0 Å². The first-order chi connectivity index (χ1) is 16.0. The van der Waals surface area contributed by atoms with Crippen LogP contribution in [0.25, 0.3) is 0 Å². The van der Waals surface area contributed by atoms with E-state index in [1.54, 1.807) is 11.0 Å². The van der Waals surface area contributed by atoms with E-state index in [0.717, 1.165) is 28.9 Å². The van der Waals surface area contributed by atoms with Crippen LogP contribution in [0, 0.1) is 0 Å². The Hall–Kier alpha value is -3.80. The Morgan fingerprint density at radius 2 is 1.70 bits per heavy atom. The average Bonchev–Trinajstić information content (AvgIpc) is 3.23. The van der Waals surface area contributed by atoms with Crippen LogP contribution < -0.4 is 5.32 Å². The predicted molar refractivity (Wildman–Crippen MR) is 133 cm³/mol. The fourth-order valence-corrected chi connectivity index (χ4v) is 3.68. The second-order valence-corrected chi connectivity index (χ2v) is 7.96. The normalized spacial score (nSPS) is 10.5. The zero-order valence-electron chi connectivity index (χ0n) is 19.4. The largest absolute Gasteiger partial charge is 0.353 e. The van der Waals surface area contributed by atoms with Gasteiger partial charge in [-0.15, -0.1) is 6.58 Å². The van der Waals surface area contributed by atoms with Gasteiger partial charge in [0.1, 0.15) is 6.54 Å². The van der Waals surface area contributed by atoms with Crippen molar-refractivity contribution < 1.29 is 9.59 Å². The first-order valence-corrected chi connectivity index (χ1v) is 11.2. The van der Waals surface area contributed by atoms with Crippen LogP contribution in [0.3, 0.4) is 0 Å². The van der Waals surface area contributed by atoms with Gasteiger partial charge < -0.3 is 19.7 Å². The van der Waals surface area contributed by atoms with E-state index in [1.165, 1.54) is 4.90 Å². The molecule has 0 saturated heterocycles. The molecule has 0 atom stereocenters. The predicted octanol–water partition coefficient (Wildman–Crippen LogP) is 4.84. The molecule has 6 heteroatoms. The summed E-state index contributed by atoms with van der Waals surface area (Å²) in [6, 6.07) is 21.2. The van der Waals surface area contributed by atoms with E-state index in [1.807, 2.05) is 91.5 Å². The zero-order valence-corrected chi connectivity index (χ0v) is 19.4. The standard InChI is InChI=1S/C27H32N4O2/c1-4-17-30(27(33)28-25-16-10-9-14-23(25)5-2)21-26(32)31(19-22-12-7-6-8-13-22)20-24-15-11-18-29(24)3/h4,6-16,18H,1,5,17,19-21H2,2-3H3,(H,28,33). The number of aryl methyl sites for hydroxylation is 2. The summed E-state index contributed by atoms with van der Waals surface area (Å²) in [6.07, 6.45) is 4.40. The van der Waals surface area contributed by atoms with Crippen molar-refractivity contribution in [1.82, 2.24) is 14.4 Å². The number of hydrogen-bond acceptors (Lipinski definition) is 2. The van der Waals surface area contributed by atoms with Crippen molar-refractivity contribution >= 4 is 17.6 Å². The summed E-state index contributed by atoms with van der Waals surface area (Å²) < 4.78 is 2.00. The van der Waals surface area contributed by atoms with Crippen molar-refractivity contribution in [1.29, 1.82) is 0 Å². The first kappa shape index (κ1) is 23.9. The van der Waals surface area contributed by atoms with Gasteiger partial charge in [-0.25, -0.2) is 4.79 Å². The van der Waals surface area contributed by atoms with Gasteiger partial charge in [0.15, 0.2) is 0 Å². The van der Waals surface area contributed by atoms with Gasteiger partial charge in [0.25, 0.3) is 0 Å². The van der Waals surface area contributed by atoms with Crippen LogP contribution in [0.2, 0.25) is 0 Å². The van der Waals surface area contributed by atoms with Gasteiger partial charge in [-0.3, -0.25) is 4.79 Å². The number of carbonyl (C=O) groups excluding carboxylic acids is 2. The fraction of sp³-hybridized carbons (Fsp3) is 0.259. The number of benzene rings is 2. The molecule has 3 rings (SSSR count). The highest BCUT2D eigenvalue weighted by atomic mass is 16.2. The molecule has 0 aliphatic rings. The summed E-state index contributed by atoms with van der Waals surface area (Å²) in [4.78, 5) is 29.7. The van der Waals surface area contributed by atoms with Crippen LogP contribution >= 0.6 is 0 Å². The number of amides is 3. The van der Waals surface area contributed by atoms with Crippen LogP contribution in [0.4, 0.5) is 10.5 Å². The third-order valence-electron chi connectivity index (χ3n) is 5.58. The molecule has 3 aromatic rings. The van der Waals surface area contributed by atoms with Crippen LogP contribution in [0.5, 0.6) is 0 Å². The van der Waals surface area contributed by atoms with Gasteiger partial charge in [0.2, 0.25) is 5.91 Å². The van der Waals surface area contributed by atoms with Gasteiger partial charge in [0, 0.05) is 37.7 Å². The number of nitrogens with one attached hydrogen (secondary N) is 1. The molecular weight excluding hydrogens is 412 g/mol. The van der Waals surface area contributed by atoms with Crippen LogP contribution in [-0.4, -0.2) is 39.4 Å². The molecule has 1 heterocycles. The lowest BCUT2D eigenvalue weighted by Gasteiger charge is -2.28. The number of rotatable bonds is 10. The summed E-state index contributed by atoms with van der Waals surface area (Å²) in [7, 11) is 1.96. The third-order valence-corrected chi connectivity index (χ3v) is 5.58. The SMILES string of the molecule is C=CCN(CC(=O)N(Cc1ccccc1)Cc1cccn1C)C(=O)Nc1ccccc1CC. The van der Waals surface area contributed by atoms with Crippen molar-refractivity contribution in [2.45, 2.75) is 26.4 Å². The maximum Gasteiger partial charge on any atom is 0.322 e. The zero-order chi connectivity index (χ0) is 23.6. The number of anilines is 1. The van der Waals surface area contributed by atoms with E-state index in [9.17, 15) is 9.59 Å². The van der Waals surface area contributed by atoms with Gasteiger partial charge in [0.05, 0.1) is 6.54 Å². The van der Waals surface area contributed by atoms with Crippen molar-refractivity contribution in [2.24, 2.45) is 7.05 Å². The molecule has 33 heavy (non-hydrogen) atoms. The minimum Gasteiger partial charge on any atom is -0.353 e. The molecule has 1 N–H and O–H groups in total. The molecule has 0 spiro atoms.